The smallest absolute Gasteiger partial charge is 0.00396 e. The number of benzene rings is 4. The van der Waals surface area contributed by atoms with Crippen molar-refractivity contribution in [3.05, 3.63) is 130 Å². The SMILES string of the molecule is Cc1ccc(P(c2ccc(C)cc2)c2cscc2P(c2ccc(C)cc2)c2ccc(C)cc2)cc1. The molecule has 174 valence electrons. The van der Waals surface area contributed by atoms with Crippen LogP contribution in [0.4, 0.5) is 0 Å². The first-order valence-electron chi connectivity index (χ1n) is 11.9. The van der Waals surface area contributed by atoms with Crippen molar-refractivity contribution in [1.82, 2.24) is 0 Å². The highest BCUT2D eigenvalue weighted by atomic mass is 32.1. The largest absolute Gasteiger partial charge is 0.151 e. The zero-order chi connectivity index (χ0) is 24.4. The minimum atomic E-state index is -0.654. The van der Waals surface area contributed by atoms with Gasteiger partial charge in [-0.05, 0) is 75.5 Å². The third-order valence-corrected chi connectivity index (χ3v) is 12.5. The summed E-state index contributed by atoms with van der Waals surface area (Å²) < 4.78 is 0. The molecule has 0 N–H and O–H groups in total. The second-order valence-electron chi connectivity index (χ2n) is 9.16. The van der Waals surface area contributed by atoms with E-state index in [0.717, 1.165) is 0 Å². The van der Waals surface area contributed by atoms with E-state index >= 15 is 0 Å². The average molecular weight is 509 g/mol. The molecule has 0 aliphatic heterocycles. The summed E-state index contributed by atoms with van der Waals surface area (Å²) in [6, 6.07) is 36.7. The topological polar surface area (TPSA) is 0 Å². The van der Waals surface area contributed by atoms with Gasteiger partial charge in [-0.25, -0.2) is 0 Å². The van der Waals surface area contributed by atoms with Crippen LogP contribution in [0.5, 0.6) is 0 Å². The lowest BCUT2D eigenvalue weighted by Gasteiger charge is -2.25. The molecule has 0 aliphatic rings. The van der Waals surface area contributed by atoms with E-state index in [1.807, 2.05) is 11.3 Å². The van der Waals surface area contributed by atoms with Crippen molar-refractivity contribution in [2.75, 3.05) is 0 Å². The van der Waals surface area contributed by atoms with Crippen LogP contribution in [0.25, 0.3) is 0 Å². The van der Waals surface area contributed by atoms with Crippen LogP contribution in [-0.2, 0) is 0 Å². The van der Waals surface area contributed by atoms with E-state index in [0.29, 0.717) is 0 Å². The van der Waals surface area contributed by atoms with Crippen LogP contribution < -0.4 is 31.8 Å². The molecule has 4 aromatic carbocycles. The molecule has 0 spiro atoms. The molecule has 1 aromatic heterocycles. The van der Waals surface area contributed by atoms with E-state index < -0.39 is 15.8 Å². The summed E-state index contributed by atoms with van der Waals surface area (Å²) in [4.78, 5) is 0. The van der Waals surface area contributed by atoms with Gasteiger partial charge in [0.1, 0.15) is 0 Å². The Morgan fingerprint density at radius 3 is 0.829 bits per heavy atom. The number of rotatable bonds is 6. The Balaban J connectivity index is 1.70. The van der Waals surface area contributed by atoms with E-state index in [1.165, 1.54) is 54.1 Å². The van der Waals surface area contributed by atoms with Crippen LogP contribution in [0.1, 0.15) is 22.3 Å². The van der Waals surface area contributed by atoms with Gasteiger partial charge in [-0.15, -0.1) is 0 Å². The van der Waals surface area contributed by atoms with Crippen LogP contribution >= 0.6 is 27.2 Å². The van der Waals surface area contributed by atoms with Crippen molar-refractivity contribution < 1.29 is 0 Å². The van der Waals surface area contributed by atoms with Gasteiger partial charge in [0.25, 0.3) is 0 Å². The van der Waals surface area contributed by atoms with Crippen LogP contribution in [0.3, 0.4) is 0 Å². The second kappa shape index (κ2) is 10.6. The Kier molecular flexibility index (Phi) is 7.31. The van der Waals surface area contributed by atoms with Gasteiger partial charge in [-0.1, -0.05) is 119 Å². The van der Waals surface area contributed by atoms with Crippen molar-refractivity contribution in [3.63, 3.8) is 0 Å². The van der Waals surface area contributed by atoms with E-state index in [4.69, 9.17) is 0 Å². The van der Waals surface area contributed by atoms with Crippen molar-refractivity contribution in [1.29, 1.82) is 0 Å². The van der Waals surface area contributed by atoms with Gasteiger partial charge in [-0.3, -0.25) is 0 Å². The third kappa shape index (κ3) is 5.34. The Morgan fingerprint density at radius 1 is 0.371 bits per heavy atom. The normalized spacial score (nSPS) is 11.4. The summed E-state index contributed by atoms with van der Waals surface area (Å²) in [5.74, 6) is 0. The van der Waals surface area contributed by atoms with Crippen LogP contribution in [-0.4, -0.2) is 0 Å². The molecule has 0 saturated carbocycles. The van der Waals surface area contributed by atoms with E-state index in [2.05, 4.69) is 136 Å². The maximum Gasteiger partial charge on any atom is 0.00396 e. The predicted molar refractivity (Wildman–Crippen MR) is 161 cm³/mol. The molecule has 35 heavy (non-hydrogen) atoms. The zero-order valence-corrected chi connectivity index (χ0v) is 23.3. The van der Waals surface area contributed by atoms with E-state index in [9.17, 15) is 0 Å². The maximum atomic E-state index is 2.42. The van der Waals surface area contributed by atoms with Crippen LogP contribution in [0.15, 0.2) is 108 Å². The Morgan fingerprint density at radius 2 is 0.600 bits per heavy atom. The number of hydrogen-bond donors (Lipinski definition) is 0. The van der Waals surface area contributed by atoms with Crippen molar-refractivity contribution in [2.24, 2.45) is 0 Å². The van der Waals surface area contributed by atoms with Gasteiger partial charge >= 0.3 is 0 Å². The molecule has 0 aliphatic carbocycles. The molecule has 0 bridgehead atoms. The number of aryl methyl sites for hydroxylation is 4. The van der Waals surface area contributed by atoms with Crippen LogP contribution in [0.2, 0.25) is 0 Å². The summed E-state index contributed by atoms with van der Waals surface area (Å²) in [6.07, 6.45) is 0. The lowest BCUT2D eigenvalue weighted by molar-refractivity contribution is 1.49. The van der Waals surface area contributed by atoms with Gasteiger partial charge < -0.3 is 0 Å². The monoisotopic (exact) mass is 508 g/mol. The molecule has 0 amide bonds. The Labute approximate surface area is 216 Å². The summed E-state index contributed by atoms with van der Waals surface area (Å²) in [7, 11) is -1.31. The fourth-order valence-electron chi connectivity index (χ4n) is 4.25. The van der Waals surface area contributed by atoms with Gasteiger partial charge in [0.15, 0.2) is 0 Å². The van der Waals surface area contributed by atoms with Crippen LogP contribution in [0, 0.1) is 27.7 Å². The zero-order valence-electron chi connectivity index (χ0n) is 20.7. The maximum absolute atomic E-state index is 2.42. The summed E-state index contributed by atoms with van der Waals surface area (Å²) in [5, 5.41) is 13.5. The van der Waals surface area contributed by atoms with Gasteiger partial charge in [0.05, 0.1) is 0 Å². The summed E-state index contributed by atoms with van der Waals surface area (Å²) in [5.41, 5.74) is 5.22. The minimum Gasteiger partial charge on any atom is -0.151 e. The highest BCUT2D eigenvalue weighted by molar-refractivity contribution is 7.86. The molecule has 3 heteroatoms. The first kappa shape index (κ1) is 24.1. The van der Waals surface area contributed by atoms with E-state index in [-0.39, 0.29) is 0 Å². The number of hydrogen-bond acceptors (Lipinski definition) is 1. The molecular weight excluding hydrogens is 478 g/mol. The fourth-order valence-corrected chi connectivity index (χ4v) is 10.9. The highest BCUT2D eigenvalue weighted by Crippen LogP contribution is 2.40. The lowest BCUT2D eigenvalue weighted by atomic mass is 10.2. The Hall–Kier alpha value is -2.56. The first-order chi connectivity index (χ1) is 17.0. The summed E-state index contributed by atoms with van der Waals surface area (Å²) in [6.45, 7) is 8.67. The molecule has 0 saturated heterocycles. The molecule has 0 fully saturated rings. The second-order valence-corrected chi connectivity index (χ2v) is 14.3. The molecule has 0 atom stereocenters. The molecular formula is C32H30P2S. The van der Waals surface area contributed by atoms with Gasteiger partial charge in [-0.2, -0.15) is 11.3 Å². The van der Waals surface area contributed by atoms with Crippen molar-refractivity contribution in [3.8, 4) is 0 Å². The molecule has 0 unspecified atom stereocenters. The van der Waals surface area contributed by atoms with Gasteiger partial charge in [0.2, 0.25) is 0 Å². The third-order valence-electron chi connectivity index (χ3n) is 6.27. The summed E-state index contributed by atoms with van der Waals surface area (Å²) >= 11 is 1.85. The predicted octanol–water partition coefficient (Wildman–Crippen LogP) is 6.50. The standard InChI is InChI=1S/C32H30P2S/c1-23-5-13-27(14-6-23)33(28-15-7-24(2)8-16-28)31-21-35-22-32(31)34(29-17-9-25(3)10-18-29)30-19-11-26(4)12-20-30/h5-22H,1-4H3. The molecule has 1 heterocycles. The Bertz CT molecular complexity index is 1200. The molecule has 0 radical (unpaired) electrons. The molecule has 0 nitrogen and oxygen atoms in total. The van der Waals surface area contributed by atoms with Crippen molar-refractivity contribution in [2.45, 2.75) is 27.7 Å². The molecule has 5 rings (SSSR count). The average Bonchev–Trinajstić information content (AvgIpc) is 3.33. The first-order valence-corrected chi connectivity index (χ1v) is 15.6. The number of thiophene rings is 1. The van der Waals surface area contributed by atoms with E-state index in [1.54, 1.807) is 0 Å². The minimum absolute atomic E-state index is 0.654. The molecule has 5 aromatic rings. The fraction of sp³-hybridized carbons (Fsp3) is 0.125. The lowest BCUT2D eigenvalue weighted by Crippen LogP contribution is -2.32. The van der Waals surface area contributed by atoms with Crippen molar-refractivity contribution >= 4 is 59.0 Å². The highest BCUT2D eigenvalue weighted by Gasteiger charge is 2.26. The van der Waals surface area contributed by atoms with Gasteiger partial charge in [0, 0.05) is 10.6 Å². The quantitative estimate of drug-likeness (QED) is 0.230.